The van der Waals surface area contributed by atoms with E-state index in [2.05, 4.69) is 19.9 Å². The molecule has 4 rings (SSSR count). The van der Waals surface area contributed by atoms with Gasteiger partial charge in [0, 0.05) is 5.41 Å². The summed E-state index contributed by atoms with van der Waals surface area (Å²) in [5, 5.41) is 20.1. The summed E-state index contributed by atoms with van der Waals surface area (Å²) >= 11 is 0. The van der Waals surface area contributed by atoms with Crippen molar-refractivity contribution in [2.24, 2.45) is 28.6 Å². The van der Waals surface area contributed by atoms with Gasteiger partial charge in [0.15, 0.2) is 5.78 Å². The third-order valence-electron chi connectivity index (χ3n) is 7.81. The van der Waals surface area contributed by atoms with Crippen molar-refractivity contribution in [1.29, 1.82) is 0 Å². The summed E-state index contributed by atoms with van der Waals surface area (Å²) < 4.78 is 0. The number of carbonyl (C=O) groups is 1. The number of ketones is 1. The molecule has 0 amide bonds. The first kappa shape index (κ1) is 14.9. The summed E-state index contributed by atoms with van der Waals surface area (Å²) in [6, 6.07) is 0. The lowest BCUT2D eigenvalue weighted by Gasteiger charge is -2.56. The minimum atomic E-state index is -0.736. The number of fused-ring (bicyclic) bond motifs is 5. The van der Waals surface area contributed by atoms with Gasteiger partial charge in [0.25, 0.3) is 0 Å². The van der Waals surface area contributed by atoms with Gasteiger partial charge in [-0.3, -0.25) is 4.79 Å². The van der Waals surface area contributed by atoms with Gasteiger partial charge in [-0.05, 0) is 68.1 Å². The zero-order chi connectivity index (χ0) is 15.7. The number of hydrogen-bond donors (Lipinski definition) is 2. The summed E-state index contributed by atoms with van der Waals surface area (Å²) in [5.41, 5.74) is 1.37. The molecule has 3 saturated carbocycles. The fourth-order valence-corrected chi connectivity index (χ4v) is 6.43. The molecule has 0 aromatic rings. The van der Waals surface area contributed by atoms with E-state index in [-0.39, 0.29) is 22.7 Å². The summed E-state index contributed by atoms with van der Waals surface area (Å²) in [4.78, 5) is 12.4. The van der Waals surface area contributed by atoms with Crippen molar-refractivity contribution in [3.8, 4) is 0 Å². The van der Waals surface area contributed by atoms with Crippen LogP contribution < -0.4 is 0 Å². The molecule has 0 unspecified atom stereocenters. The summed E-state index contributed by atoms with van der Waals surface area (Å²) in [6.07, 6.45) is 8.00. The van der Waals surface area contributed by atoms with Crippen LogP contribution in [-0.2, 0) is 4.79 Å². The molecule has 0 aromatic carbocycles. The fraction of sp³-hybridized carbons (Fsp3) is 0.842. The monoisotopic (exact) mass is 304 g/mol. The van der Waals surface area contributed by atoms with Crippen LogP contribution in [0.1, 0.15) is 58.8 Å². The maximum Gasteiger partial charge on any atom is 0.167 e. The van der Waals surface area contributed by atoms with Crippen LogP contribution >= 0.6 is 0 Å². The van der Waals surface area contributed by atoms with Crippen molar-refractivity contribution >= 4 is 5.78 Å². The van der Waals surface area contributed by atoms with Gasteiger partial charge < -0.3 is 10.2 Å². The highest BCUT2D eigenvalue weighted by Crippen LogP contribution is 2.63. The van der Waals surface area contributed by atoms with Crippen molar-refractivity contribution < 1.29 is 15.0 Å². The Morgan fingerprint density at radius 3 is 2.59 bits per heavy atom. The van der Waals surface area contributed by atoms with Crippen LogP contribution in [0.2, 0.25) is 0 Å². The second-order valence-corrected chi connectivity index (χ2v) is 8.73. The van der Waals surface area contributed by atoms with Gasteiger partial charge in [-0.1, -0.05) is 25.5 Å². The molecule has 0 spiro atoms. The summed E-state index contributed by atoms with van der Waals surface area (Å²) in [5.74, 6) is 1.59. The fourth-order valence-electron chi connectivity index (χ4n) is 6.43. The number of hydrogen-bond acceptors (Lipinski definition) is 3. The molecule has 0 radical (unpaired) electrons. The van der Waals surface area contributed by atoms with Crippen LogP contribution in [0, 0.1) is 28.6 Å². The first-order chi connectivity index (χ1) is 10.4. The molecule has 0 saturated heterocycles. The molecule has 22 heavy (non-hydrogen) atoms. The molecule has 0 aliphatic heterocycles. The standard InChI is InChI=1S/C19H28O3/c1-18-7-5-12(20)9-11(18)3-4-13-14(18)6-8-19(2)15(13)10-16(21)17(19)22/h3,12-16,20-21H,4-10H2,1-2H3/t12-,13+,14-,15-,16-,18-,19-/m0/s1. The van der Waals surface area contributed by atoms with Gasteiger partial charge in [-0.25, -0.2) is 0 Å². The summed E-state index contributed by atoms with van der Waals surface area (Å²) in [7, 11) is 0. The van der Waals surface area contributed by atoms with E-state index in [4.69, 9.17) is 0 Å². The van der Waals surface area contributed by atoms with Crippen LogP contribution in [0.25, 0.3) is 0 Å². The van der Waals surface area contributed by atoms with E-state index in [1.807, 2.05) is 0 Å². The number of allylic oxidation sites excluding steroid dienone is 1. The molecule has 0 bridgehead atoms. The van der Waals surface area contributed by atoms with Crippen LogP contribution in [0.3, 0.4) is 0 Å². The average Bonchev–Trinajstić information content (AvgIpc) is 2.72. The molecule has 3 nitrogen and oxygen atoms in total. The van der Waals surface area contributed by atoms with E-state index >= 15 is 0 Å². The highest BCUT2D eigenvalue weighted by molar-refractivity contribution is 5.91. The molecule has 122 valence electrons. The van der Waals surface area contributed by atoms with Crippen molar-refractivity contribution in [3.63, 3.8) is 0 Å². The van der Waals surface area contributed by atoms with Crippen molar-refractivity contribution in [2.75, 3.05) is 0 Å². The number of aliphatic hydroxyl groups excluding tert-OH is 2. The zero-order valence-corrected chi connectivity index (χ0v) is 13.7. The SMILES string of the molecule is C[C@]12CC[C@H](O)CC1=CC[C@@H]1[C@@H]2CC[C@]2(C)C(=O)[C@@H](O)C[C@@H]12. The molecule has 4 aliphatic rings. The number of Topliss-reactive ketones (excluding diaryl/α,β-unsaturated/α-hetero) is 1. The highest BCUT2D eigenvalue weighted by atomic mass is 16.3. The Hall–Kier alpha value is -0.670. The second kappa shape index (κ2) is 4.67. The van der Waals surface area contributed by atoms with Gasteiger partial charge in [0.1, 0.15) is 6.10 Å². The Balaban J connectivity index is 1.70. The molecule has 0 aromatic heterocycles. The van der Waals surface area contributed by atoms with Crippen LogP contribution in [0.5, 0.6) is 0 Å². The van der Waals surface area contributed by atoms with E-state index < -0.39 is 6.10 Å². The Kier molecular flexibility index (Phi) is 3.16. The van der Waals surface area contributed by atoms with E-state index in [0.717, 1.165) is 38.5 Å². The second-order valence-electron chi connectivity index (χ2n) is 8.73. The Morgan fingerprint density at radius 1 is 1.09 bits per heavy atom. The van der Waals surface area contributed by atoms with Crippen LogP contribution in [0.15, 0.2) is 11.6 Å². The highest BCUT2D eigenvalue weighted by Gasteiger charge is 2.60. The van der Waals surface area contributed by atoms with Crippen molar-refractivity contribution in [1.82, 2.24) is 0 Å². The maximum absolute atomic E-state index is 12.4. The number of carbonyl (C=O) groups excluding carboxylic acids is 1. The average molecular weight is 304 g/mol. The van der Waals surface area contributed by atoms with E-state index in [0.29, 0.717) is 24.2 Å². The third kappa shape index (κ3) is 1.78. The smallest absolute Gasteiger partial charge is 0.167 e. The Morgan fingerprint density at radius 2 is 1.82 bits per heavy atom. The Bertz CT molecular complexity index is 539. The van der Waals surface area contributed by atoms with Crippen molar-refractivity contribution in [2.45, 2.75) is 71.0 Å². The Labute approximate surface area is 132 Å². The number of rotatable bonds is 0. The molecule has 0 heterocycles. The molecular formula is C19H28O3. The molecule has 7 atom stereocenters. The third-order valence-corrected chi connectivity index (χ3v) is 7.81. The first-order valence-corrected chi connectivity index (χ1v) is 8.96. The quantitative estimate of drug-likeness (QED) is 0.677. The van der Waals surface area contributed by atoms with Gasteiger partial charge in [-0.15, -0.1) is 0 Å². The summed E-state index contributed by atoms with van der Waals surface area (Å²) in [6.45, 7) is 4.48. The van der Waals surface area contributed by atoms with E-state index in [1.54, 1.807) is 0 Å². The van der Waals surface area contributed by atoms with Gasteiger partial charge >= 0.3 is 0 Å². The van der Waals surface area contributed by atoms with Gasteiger partial charge in [-0.2, -0.15) is 0 Å². The lowest BCUT2D eigenvalue weighted by atomic mass is 9.48. The lowest BCUT2D eigenvalue weighted by Crippen LogP contribution is -2.50. The minimum Gasteiger partial charge on any atom is -0.393 e. The van der Waals surface area contributed by atoms with Crippen LogP contribution in [-0.4, -0.2) is 28.2 Å². The predicted molar refractivity (Wildman–Crippen MR) is 84.1 cm³/mol. The van der Waals surface area contributed by atoms with E-state index in [1.165, 1.54) is 5.57 Å². The molecule has 4 aliphatic carbocycles. The molecule has 3 heteroatoms. The normalized spacial score (nSPS) is 54.3. The zero-order valence-electron chi connectivity index (χ0n) is 13.7. The first-order valence-electron chi connectivity index (χ1n) is 8.96. The molecule has 3 fully saturated rings. The van der Waals surface area contributed by atoms with Gasteiger partial charge in [0.05, 0.1) is 6.10 Å². The number of aliphatic hydroxyl groups is 2. The maximum atomic E-state index is 12.4. The van der Waals surface area contributed by atoms with Crippen molar-refractivity contribution in [3.05, 3.63) is 11.6 Å². The van der Waals surface area contributed by atoms with Gasteiger partial charge in [0.2, 0.25) is 0 Å². The van der Waals surface area contributed by atoms with E-state index in [9.17, 15) is 15.0 Å². The minimum absolute atomic E-state index is 0.0925. The van der Waals surface area contributed by atoms with Crippen LogP contribution in [0.4, 0.5) is 0 Å². The largest absolute Gasteiger partial charge is 0.393 e. The predicted octanol–water partition coefficient (Wildman–Crippen LogP) is 2.85. The topological polar surface area (TPSA) is 57.5 Å². The molecular weight excluding hydrogens is 276 g/mol. The molecule has 2 N–H and O–H groups in total. The lowest BCUT2D eigenvalue weighted by molar-refractivity contribution is -0.136.